The third-order valence-electron chi connectivity index (χ3n) is 4.19. The number of hydrogen-bond acceptors (Lipinski definition) is 10. The van der Waals surface area contributed by atoms with Crippen molar-refractivity contribution in [1.29, 1.82) is 0 Å². The molecule has 36 heavy (non-hydrogen) atoms. The Hall–Kier alpha value is -4.19. The molecule has 3 rings (SSSR count). The largest absolute Gasteiger partial charge is 0.465 e. The van der Waals surface area contributed by atoms with E-state index in [1.54, 1.807) is 4.72 Å². The molecule has 0 saturated heterocycles. The number of ether oxygens (including phenoxy) is 1. The summed E-state index contributed by atoms with van der Waals surface area (Å²) in [5, 5.41) is 18.9. The maximum absolute atomic E-state index is 12.8. The number of nitro benzene ring substituents is 1. The van der Waals surface area contributed by atoms with Gasteiger partial charge in [0.15, 0.2) is 0 Å². The van der Waals surface area contributed by atoms with Gasteiger partial charge in [-0.2, -0.15) is 18.2 Å². The number of H-pyrrole nitrogens is 1. The first-order valence-electron chi connectivity index (χ1n) is 9.29. The van der Waals surface area contributed by atoms with Crippen LogP contribution in [-0.2, 0) is 20.9 Å². The topological polar surface area (TPSA) is 186 Å². The molecule has 190 valence electrons. The number of nitrogens with zero attached hydrogens (tertiary/aromatic N) is 3. The Morgan fingerprint density at radius 2 is 1.89 bits per heavy atom. The number of alkyl halides is 3. The van der Waals surface area contributed by atoms with E-state index in [1.807, 2.05) is 5.32 Å². The molecule has 0 fully saturated rings. The van der Waals surface area contributed by atoms with Crippen LogP contribution in [0.4, 0.5) is 29.6 Å². The highest BCUT2D eigenvalue weighted by molar-refractivity contribution is 7.99. The maximum Gasteiger partial charge on any atom is 0.416 e. The number of aromatic nitrogens is 3. The van der Waals surface area contributed by atoms with Crippen LogP contribution in [0.3, 0.4) is 0 Å². The van der Waals surface area contributed by atoms with E-state index in [0.717, 1.165) is 19.2 Å². The van der Waals surface area contributed by atoms with Crippen LogP contribution in [0.1, 0.15) is 15.9 Å². The number of aromatic amines is 1. The number of hydrogen-bond donors (Lipinski definition) is 3. The monoisotopic (exact) mass is 546 g/mol. The average molecular weight is 546 g/mol. The molecule has 0 spiro atoms. The number of anilines is 1. The first kappa shape index (κ1) is 26.4. The van der Waals surface area contributed by atoms with Crippen molar-refractivity contribution in [2.75, 3.05) is 12.4 Å². The summed E-state index contributed by atoms with van der Waals surface area (Å²) >= 11 is 0.524. The normalized spacial score (nSPS) is 11.6. The van der Waals surface area contributed by atoms with Crippen LogP contribution in [0, 0.1) is 10.1 Å². The van der Waals surface area contributed by atoms with E-state index < -0.39 is 49.3 Å². The van der Waals surface area contributed by atoms with Gasteiger partial charge in [0, 0.05) is 6.07 Å². The Morgan fingerprint density at radius 3 is 2.53 bits per heavy atom. The number of benzene rings is 2. The summed E-state index contributed by atoms with van der Waals surface area (Å²) in [7, 11) is -3.49. The smallest absolute Gasteiger partial charge is 0.416 e. The summed E-state index contributed by atoms with van der Waals surface area (Å²) in [5.41, 5.74) is -2.39. The molecule has 13 nitrogen and oxygen atoms in total. The SMILES string of the molecule is COC(=O)c1ccccc1S(=O)(=O)NC(=O)Nc1nc(Sc2ccc(C(F)(F)F)cc2[N+](=O)[O-])n[nH]1. The summed E-state index contributed by atoms with van der Waals surface area (Å²) in [4.78, 5) is 37.2. The predicted octanol–water partition coefficient (Wildman–Crippen LogP) is 3.18. The van der Waals surface area contributed by atoms with E-state index >= 15 is 0 Å². The summed E-state index contributed by atoms with van der Waals surface area (Å²) < 4.78 is 69.8. The second-order valence-electron chi connectivity index (χ2n) is 6.55. The van der Waals surface area contributed by atoms with E-state index in [2.05, 4.69) is 19.9 Å². The van der Waals surface area contributed by atoms with Crippen molar-refractivity contribution in [3.63, 3.8) is 0 Å². The van der Waals surface area contributed by atoms with Crippen molar-refractivity contribution >= 4 is 45.4 Å². The van der Waals surface area contributed by atoms with Gasteiger partial charge in [0.25, 0.3) is 15.7 Å². The van der Waals surface area contributed by atoms with Crippen molar-refractivity contribution in [3.05, 3.63) is 63.7 Å². The molecule has 18 heteroatoms. The minimum absolute atomic E-state index is 0.218. The lowest BCUT2D eigenvalue weighted by Gasteiger charge is -2.10. The quantitative estimate of drug-likeness (QED) is 0.226. The molecule has 0 aliphatic rings. The number of amides is 2. The number of halogens is 3. The van der Waals surface area contributed by atoms with Gasteiger partial charge < -0.3 is 4.74 Å². The number of methoxy groups -OCH3 is 1. The molecule has 0 aliphatic heterocycles. The molecule has 0 bridgehead atoms. The number of esters is 1. The van der Waals surface area contributed by atoms with Crippen LogP contribution < -0.4 is 10.0 Å². The van der Waals surface area contributed by atoms with Crippen LogP contribution in [0.5, 0.6) is 0 Å². The second-order valence-corrected chi connectivity index (χ2v) is 9.21. The number of rotatable bonds is 7. The Labute approximate surface area is 203 Å². The summed E-state index contributed by atoms with van der Waals surface area (Å²) in [6.07, 6.45) is -4.79. The molecule has 2 amide bonds. The molecule has 0 aliphatic carbocycles. The van der Waals surface area contributed by atoms with Crippen molar-refractivity contribution in [1.82, 2.24) is 19.9 Å². The van der Waals surface area contributed by atoms with E-state index in [1.165, 1.54) is 18.2 Å². The van der Waals surface area contributed by atoms with Gasteiger partial charge in [0.2, 0.25) is 11.1 Å². The highest BCUT2D eigenvalue weighted by Gasteiger charge is 2.33. The minimum Gasteiger partial charge on any atom is -0.465 e. The molecule has 3 aromatic rings. The number of carbonyl (C=O) groups excluding carboxylic acids is 2. The van der Waals surface area contributed by atoms with Gasteiger partial charge in [-0.3, -0.25) is 15.4 Å². The molecular formula is C18H13F3N6O7S2. The van der Waals surface area contributed by atoms with Gasteiger partial charge in [-0.25, -0.2) is 27.8 Å². The zero-order chi connectivity index (χ0) is 26.7. The molecule has 2 aromatic carbocycles. The Balaban J connectivity index is 1.74. The van der Waals surface area contributed by atoms with E-state index in [-0.39, 0.29) is 21.6 Å². The summed E-state index contributed by atoms with van der Waals surface area (Å²) in [5.74, 6) is -1.34. The summed E-state index contributed by atoms with van der Waals surface area (Å²) in [6.45, 7) is 0. The molecular weight excluding hydrogens is 533 g/mol. The van der Waals surface area contributed by atoms with Gasteiger partial charge in [-0.05, 0) is 36.0 Å². The molecule has 1 aromatic heterocycles. The lowest BCUT2D eigenvalue weighted by Crippen LogP contribution is -2.35. The van der Waals surface area contributed by atoms with Crippen molar-refractivity contribution < 1.29 is 40.8 Å². The van der Waals surface area contributed by atoms with Crippen LogP contribution in [-0.4, -0.2) is 47.6 Å². The number of nitro groups is 1. The first-order chi connectivity index (χ1) is 16.8. The number of carbonyl (C=O) groups is 2. The zero-order valence-corrected chi connectivity index (χ0v) is 19.3. The van der Waals surface area contributed by atoms with Crippen molar-refractivity contribution in [2.24, 2.45) is 0 Å². The molecule has 0 radical (unpaired) electrons. The van der Waals surface area contributed by atoms with Gasteiger partial charge in [0.05, 0.1) is 28.1 Å². The van der Waals surface area contributed by atoms with Crippen LogP contribution in [0.2, 0.25) is 0 Å². The molecule has 0 saturated carbocycles. The van der Waals surface area contributed by atoms with Crippen LogP contribution >= 0.6 is 11.8 Å². The predicted molar refractivity (Wildman–Crippen MR) is 116 cm³/mol. The Morgan fingerprint density at radius 1 is 1.19 bits per heavy atom. The highest BCUT2D eigenvalue weighted by Crippen LogP contribution is 2.38. The van der Waals surface area contributed by atoms with E-state index in [9.17, 15) is 41.3 Å². The summed E-state index contributed by atoms with van der Waals surface area (Å²) in [6, 6.07) is 5.53. The van der Waals surface area contributed by atoms with Crippen molar-refractivity contribution in [3.8, 4) is 0 Å². The highest BCUT2D eigenvalue weighted by atomic mass is 32.2. The van der Waals surface area contributed by atoms with Gasteiger partial charge in [-0.15, -0.1) is 5.10 Å². The van der Waals surface area contributed by atoms with Crippen LogP contribution in [0.15, 0.2) is 57.4 Å². The van der Waals surface area contributed by atoms with Gasteiger partial charge in [0.1, 0.15) is 4.90 Å². The number of urea groups is 1. The third kappa shape index (κ3) is 6.08. The fourth-order valence-electron chi connectivity index (χ4n) is 2.66. The Kier molecular flexibility index (Phi) is 7.48. The van der Waals surface area contributed by atoms with Gasteiger partial charge in [-0.1, -0.05) is 12.1 Å². The standard InChI is InChI=1S/C18H13F3N6O7S2/c1-34-14(28)10-4-2-3-5-13(10)36(32,33)26-16(29)22-15-23-17(25-24-15)35-12-7-6-9(18(19,20)21)8-11(12)27(30)31/h2-8H,1H3,(H3,22,23,24,25,26,29). The molecule has 1 heterocycles. The van der Waals surface area contributed by atoms with Crippen LogP contribution in [0.25, 0.3) is 0 Å². The first-order valence-corrected chi connectivity index (χ1v) is 11.6. The molecule has 0 atom stereocenters. The fourth-order valence-corrected chi connectivity index (χ4v) is 4.56. The zero-order valence-electron chi connectivity index (χ0n) is 17.7. The number of nitrogens with one attached hydrogen (secondary N) is 3. The number of sulfonamides is 1. The van der Waals surface area contributed by atoms with E-state index in [4.69, 9.17) is 0 Å². The molecule has 0 unspecified atom stereocenters. The average Bonchev–Trinajstić information content (AvgIpc) is 3.23. The van der Waals surface area contributed by atoms with E-state index in [0.29, 0.717) is 23.9 Å². The third-order valence-corrected chi connectivity index (χ3v) is 6.51. The second kappa shape index (κ2) is 10.2. The lowest BCUT2D eigenvalue weighted by molar-refractivity contribution is -0.388. The van der Waals surface area contributed by atoms with Gasteiger partial charge >= 0.3 is 18.2 Å². The molecule has 3 N–H and O–H groups in total. The lowest BCUT2D eigenvalue weighted by atomic mass is 10.2. The fraction of sp³-hybridized carbons (Fsp3) is 0.111. The Bertz CT molecular complexity index is 1440. The minimum atomic E-state index is -4.79. The maximum atomic E-state index is 12.8. The van der Waals surface area contributed by atoms with Crippen molar-refractivity contribution in [2.45, 2.75) is 21.1 Å².